The molecular formula is C17H15N3O4S. The van der Waals surface area contributed by atoms with E-state index in [1.165, 1.54) is 30.3 Å². The second-order valence-corrected chi connectivity index (χ2v) is 6.53. The van der Waals surface area contributed by atoms with Crippen molar-refractivity contribution in [1.82, 2.24) is 0 Å². The smallest absolute Gasteiger partial charge is 0.266 e. The maximum atomic E-state index is 12.2. The topological polar surface area (TPSA) is 122 Å². The van der Waals surface area contributed by atoms with E-state index in [1.54, 1.807) is 31.4 Å². The number of nitrogens with one attached hydrogen (secondary N) is 1. The van der Waals surface area contributed by atoms with Gasteiger partial charge < -0.3 is 10.1 Å². The summed E-state index contributed by atoms with van der Waals surface area (Å²) in [5.41, 5.74) is 0.908. The molecule has 0 atom stereocenters. The van der Waals surface area contributed by atoms with Gasteiger partial charge in [0.1, 0.15) is 17.4 Å². The van der Waals surface area contributed by atoms with E-state index in [-0.39, 0.29) is 10.5 Å². The number of anilines is 1. The predicted octanol–water partition coefficient (Wildman–Crippen LogP) is 1.89. The number of carbonyl (C=O) groups is 1. The molecule has 0 heterocycles. The molecule has 0 aliphatic rings. The molecule has 1 amide bonds. The molecule has 3 N–H and O–H groups in total. The number of carbonyl (C=O) groups excluding carboxylic acids is 1. The van der Waals surface area contributed by atoms with Gasteiger partial charge in [0.05, 0.1) is 12.0 Å². The van der Waals surface area contributed by atoms with Crippen molar-refractivity contribution < 1.29 is 17.9 Å². The first kappa shape index (κ1) is 18.2. The summed E-state index contributed by atoms with van der Waals surface area (Å²) in [5, 5.41) is 16.7. The van der Waals surface area contributed by atoms with Crippen LogP contribution in [0.1, 0.15) is 5.56 Å². The first-order valence-corrected chi connectivity index (χ1v) is 8.58. The van der Waals surface area contributed by atoms with Crippen LogP contribution in [0.5, 0.6) is 5.75 Å². The standard InChI is InChI=1S/C17H15N3O4S/c1-24-15-6-2-12(3-7-15)10-13(11-18)17(21)20-14-4-8-16(9-5-14)25(19,22)23/h2-10H,1H3,(H,20,21)(H2,19,22,23)/b13-10+. The number of rotatable bonds is 5. The van der Waals surface area contributed by atoms with Crippen molar-refractivity contribution in [2.75, 3.05) is 12.4 Å². The molecule has 8 heteroatoms. The van der Waals surface area contributed by atoms with Crippen molar-refractivity contribution in [2.24, 2.45) is 5.14 Å². The zero-order valence-electron chi connectivity index (χ0n) is 13.3. The van der Waals surface area contributed by atoms with Crippen molar-refractivity contribution in [3.63, 3.8) is 0 Å². The van der Waals surface area contributed by atoms with E-state index in [4.69, 9.17) is 9.88 Å². The molecule has 0 bridgehead atoms. The van der Waals surface area contributed by atoms with E-state index in [0.717, 1.165) is 0 Å². The lowest BCUT2D eigenvalue weighted by Gasteiger charge is -2.05. The van der Waals surface area contributed by atoms with Gasteiger partial charge in [-0.2, -0.15) is 5.26 Å². The number of sulfonamides is 1. The van der Waals surface area contributed by atoms with E-state index < -0.39 is 15.9 Å². The zero-order chi connectivity index (χ0) is 18.4. The van der Waals surface area contributed by atoms with Gasteiger partial charge in [-0.1, -0.05) is 12.1 Å². The quantitative estimate of drug-likeness (QED) is 0.625. The average molecular weight is 357 g/mol. The highest BCUT2D eigenvalue weighted by atomic mass is 32.2. The highest BCUT2D eigenvalue weighted by Gasteiger charge is 2.11. The Kier molecular flexibility index (Phi) is 5.54. The van der Waals surface area contributed by atoms with Crippen LogP contribution in [0.15, 0.2) is 59.0 Å². The summed E-state index contributed by atoms with van der Waals surface area (Å²) in [5.74, 6) is 0.0525. The van der Waals surface area contributed by atoms with Gasteiger partial charge in [0.15, 0.2) is 0 Å². The van der Waals surface area contributed by atoms with Crippen LogP contribution in [-0.4, -0.2) is 21.4 Å². The average Bonchev–Trinajstić information content (AvgIpc) is 2.59. The van der Waals surface area contributed by atoms with Crippen molar-refractivity contribution in [2.45, 2.75) is 4.90 Å². The van der Waals surface area contributed by atoms with Crippen molar-refractivity contribution in [3.05, 3.63) is 59.7 Å². The van der Waals surface area contributed by atoms with Crippen molar-refractivity contribution in [1.29, 1.82) is 5.26 Å². The minimum absolute atomic E-state index is 0.0696. The number of benzene rings is 2. The number of nitriles is 1. The van der Waals surface area contributed by atoms with Gasteiger partial charge in [-0.3, -0.25) is 4.79 Å². The molecular weight excluding hydrogens is 342 g/mol. The van der Waals surface area contributed by atoms with Crippen LogP contribution < -0.4 is 15.2 Å². The number of hydrogen-bond donors (Lipinski definition) is 2. The van der Waals surface area contributed by atoms with E-state index in [9.17, 15) is 18.5 Å². The van der Waals surface area contributed by atoms with Crippen LogP contribution in [0.3, 0.4) is 0 Å². The molecule has 2 rings (SSSR count). The third kappa shape index (κ3) is 4.91. The summed E-state index contributed by atoms with van der Waals surface area (Å²) < 4.78 is 27.4. The molecule has 0 spiro atoms. The van der Waals surface area contributed by atoms with Gasteiger partial charge in [-0.05, 0) is 48.0 Å². The Balaban J connectivity index is 2.16. The molecule has 0 aromatic heterocycles. The number of amides is 1. The molecule has 128 valence electrons. The second-order valence-electron chi connectivity index (χ2n) is 4.97. The first-order valence-electron chi connectivity index (χ1n) is 7.03. The molecule has 0 saturated heterocycles. The zero-order valence-corrected chi connectivity index (χ0v) is 14.1. The molecule has 0 aliphatic carbocycles. The predicted molar refractivity (Wildman–Crippen MR) is 93.0 cm³/mol. The van der Waals surface area contributed by atoms with Crippen LogP contribution in [0, 0.1) is 11.3 Å². The summed E-state index contributed by atoms with van der Waals surface area (Å²) in [6.45, 7) is 0. The van der Waals surface area contributed by atoms with Gasteiger partial charge in [0.2, 0.25) is 10.0 Å². The van der Waals surface area contributed by atoms with Gasteiger partial charge >= 0.3 is 0 Å². The largest absolute Gasteiger partial charge is 0.497 e. The minimum atomic E-state index is -3.80. The SMILES string of the molecule is COc1ccc(/C=C(\C#N)C(=O)Nc2ccc(S(N)(=O)=O)cc2)cc1. The number of hydrogen-bond acceptors (Lipinski definition) is 5. The van der Waals surface area contributed by atoms with Crippen LogP contribution in [0.25, 0.3) is 6.08 Å². The van der Waals surface area contributed by atoms with Crippen molar-refractivity contribution >= 4 is 27.7 Å². The fourth-order valence-electron chi connectivity index (χ4n) is 1.94. The van der Waals surface area contributed by atoms with Gasteiger partial charge in [-0.25, -0.2) is 13.6 Å². The normalized spacial score (nSPS) is 11.5. The van der Waals surface area contributed by atoms with E-state index in [0.29, 0.717) is 17.0 Å². The van der Waals surface area contributed by atoms with E-state index in [1.807, 2.05) is 6.07 Å². The maximum absolute atomic E-state index is 12.2. The van der Waals surface area contributed by atoms with Crippen LogP contribution in [0.4, 0.5) is 5.69 Å². The van der Waals surface area contributed by atoms with E-state index >= 15 is 0 Å². The molecule has 0 radical (unpaired) electrons. The second kappa shape index (κ2) is 7.61. The Morgan fingerprint density at radius 1 is 1.16 bits per heavy atom. The number of methoxy groups -OCH3 is 1. The van der Waals surface area contributed by atoms with Crippen LogP contribution in [0.2, 0.25) is 0 Å². The van der Waals surface area contributed by atoms with Crippen molar-refractivity contribution in [3.8, 4) is 11.8 Å². The van der Waals surface area contributed by atoms with E-state index in [2.05, 4.69) is 5.32 Å². The summed E-state index contributed by atoms with van der Waals surface area (Å²) >= 11 is 0. The van der Waals surface area contributed by atoms with Gasteiger partial charge in [0.25, 0.3) is 5.91 Å². The number of nitrogens with two attached hydrogens (primary N) is 1. The highest BCUT2D eigenvalue weighted by Crippen LogP contribution is 2.16. The third-order valence-corrected chi connectivity index (χ3v) is 4.16. The Morgan fingerprint density at radius 2 is 1.76 bits per heavy atom. The monoisotopic (exact) mass is 357 g/mol. The molecule has 0 fully saturated rings. The maximum Gasteiger partial charge on any atom is 0.266 e. The number of primary sulfonamides is 1. The summed E-state index contributed by atoms with van der Waals surface area (Å²) in [6, 6.07) is 14.0. The molecule has 0 aliphatic heterocycles. The van der Waals surface area contributed by atoms with Gasteiger partial charge in [-0.15, -0.1) is 0 Å². The Bertz CT molecular complexity index is 941. The van der Waals surface area contributed by atoms with Crippen LogP contribution >= 0.6 is 0 Å². The molecule has 0 saturated carbocycles. The summed E-state index contributed by atoms with van der Waals surface area (Å²) in [6.07, 6.45) is 1.44. The fraction of sp³-hybridized carbons (Fsp3) is 0.0588. The lowest BCUT2D eigenvalue weighted by atomic mass is 10.1. The number of nitrogens with zero attached hydrogens (tertiary/aromatic N) is 1. The molecule has 2 aromatic carbocycles. The fourth-order valence-corrected chi connectivity index (χ4v) is 2.46. The summed E-state index contributed by atoms with van der Waals surface area (Å²) in [4.78, 5) is 12.1. The molecule has 0 unspecified atom stereocenters. The molecule has 25 heavy (non-hydrogen) atoms. The Hall–Kier alpha value is -3.15. The Labute approximate surface area is 145 Å². The lowest BCUT2D eigenvalue weighted by molar-refractivity contribution is -0.112. The molecule has 7 nitrogen and oxygen atoms in total. The minimum Gasteiger partial charge on any atom is -0.497 e. The third-order valence-electron chi connectivity index (χ3n) is 3.23. The highest BCUT2D eigenvalue weighted by molar-refractivity contribution is 7.89. The number of ether oxygens (including phenoxy) is 1. The van der Waals surface area contributed by atoms with Gasteiger partial charge in [0, 0.05) is 5.69 Å². The summed E-state index contributed by atoms with van der Waals surface area (Å²) in [7, 11) is -2.26. The first-order chi connectivity index (χ1) is 11.8. The lowest BCUT2D eigenvalue weighted by Crippen LogP contribution is -2.14. The Morgan fingerprint density at radius 3 is 2.24 bits per heavy atom. The molecule has 2 aromatic rings. The van der Waals surface area contributed by atoms with Crippen LogP contribution in [-0.2, 0) is 14.8 Å².